The fraction of sp³-hybridized carbons (Fsp3) is 0.571. The Bertz CT molecular complexity index is 410. The van der Waals surface area contributed by atoms with Crippen LogP contribution < -0.4 is 5.32 Å². The number of amides is 1. The van der Waals surface area contributed by atoms with E-state index in [-0.39, 0.29) is 11.4 Å². The number of carbonyl (C=O) groups is 1. The predicted molar refractivity (Wildman–Crippen MR) is 72.8 cm³/mol. The summed E-state index contributed by atoms with van der Waals surface area (Å²) in [7, 11) is 0. The molecule has 1 fully saturated rings. The van der Waals surface area contributed by atoms with E-state index in [1.807, 2.05) is 0 Å². The molecule has 1 N–H and O–H groups in total. The Labute approximate surface area is 113 Å². The van der Waals surface area contributed by atoms with Crippen LogP contribution in [-0.2, 0) is 0 Å². The van der Waals surface area contributed by atoms with Crippen molar-refractivity contribution in [3.8, 4) is 0 Å². The van der Waals surface area contributed by atoms with Gasteiger partial charge in [0.2, 0.25) is 0 Å². The van der Waals surface area contributed by atoms with E-state index in [1.54, 1.807) is 24.5 Å². The molecule has 0 bridgehead atoms. The van der Waals surface area contributed by atoms with Crippen LogP contribution in [0.1, 0.15) is 43.0 Å². The number of halogens is 1. The lowest BCUT2D eigenvalue weighted by molar-refractivity contribution is 0.0867. The van der Waals surface area contributed by atoms with Crippen LogP contribution >= 0.6 is 11.6 Å². The average Bonchev–Trinajstić information content (AvgIpc) is 2.39. The van der Waals surface area contributed by atoms with Gasteiger partial charge in [-0.15, -0.1) is 11.6 Å². The third kappa shape index (κ3) is 3.02. The predicted octanol–water partition coefficient (Wildman–Crippen LogP) is 3.00. The van der Waals surface area contributed by atoms with Gasteiger partial charge in [0.15, 0.2) is 0 Å². The highest BCUT2D eigenvalue weighted by Gasteiger charge is 2.35. The Morgan fingerprint density at radius 1 is 1.67 bits per heavy atom. The maximum absolute atomic E-state index is 12.2. The number of alkyl halides is 1. The number of hydrogen-bond acceptors (Lipinski definition) is 2. The van der Waals surface area contributed by atoms with Crippen molar-refractivity contribution in [2.75, 3.05) is 5.88 Å². The molecule has 98 valence electrons. The second-order valence-corrected chi connectivity index (χ2v) is 5.58. The minimum absolute atomic E-state index is 0.0714. The summed E-state index contributed by atoms with van der Waals surface area (Å²) in [4.78, 5) is 16.1. The van der Waals surface area contributed by atoms with Gasteiger partial charge in [-0.3, -0.25) is 9.78 Å². The fourth-order valence-corrected chi connectivity index (χ4v) is 3.05. The standard InChI is InChI=1S/C14H19ClN2O/c1-11-4-2-6-14(8-11,10-15)17-13(18)12-5-3-7-16-9-12/h3,5,7,9,11H,2,4,6,8,10H2,1H3,(H,17,18). The summed E-state index contributed by atoms with van der Waals surface area (Å²) in [6.45, 7) is 2.22. The first-order valence-electron chi connectivity index (χ1n) is 6.44. The molecule has 1 aromatic heterocycles. The molecule has 0 aromatic carbocycles. The highest BCUT2D eigenvalue weighted by molar-refractivity contribution is 6.19. The smallest absolute Gasteiger partial charge is 0.253 e. The summed E-state index contributed by atoms with van der Waals surface area (Å²) in [6.07, 6.45) is 7.53. The van der Waals surface area contributed by atoms with Gasteiger partial charge >= 0.3 is 0 Å². The normalized spacial score (nSPS) is 27.8. The van der Waals surface area contributed by atoms with Crippen molar-refractivity contribution in [2.45, 2.75) is 38.1 Å². The van der Waals surface area contributed by atoms with E-state index < -0.39 is 0 Å². The molecule has 1 aliphatic carbocycles. The number of pyridine rings is 1. The topological polar surface area (TPSA) is 42.0 Å². The Morgan fingerprint density at radius 3 is 3.11 bits per heavy atom. The third-order valence-electron chi connectivity index (χ3n) is 3.65. The molecule has 1 saturated carbocycles. The van der Waals surface area contributed by atoms with Crippen molar-refractivity contribution in [3.05, 3.63) is 30.1 Å². The largest absolute Gasteiger partial charge is 0.345 e. The number of carbonyl (C=O) groups excluding carboxylic acids is 1. The zero-order chi connectivity index (χ0) is 13.0. The maximum atomic E-state index is 12.2. The molecule has 1 amide bonds. The van der Waals surface area contributed by atoms with Gasteiger partial charge in [0.05, 0.1) is 11.1 Å². The van der Waals surface area contributed by atoms with Crippen LogP contribution in [0.15, 0.2) is 24.5 Å². The monoisotopic (exact) mass is 266 g/mol. The van der Waals surface area contributed by atoms with E-state index in [0.717, 1.165) is 19.3 Å². The van der Waals surface area contributed by atoms with Crippen molar-refractivity contribution in [3.63, 3.8) is 0 Å². The lowest BCUT2D eigenvalue weighted by atomic mass is 9.77. The van der Waals surface area contributed by atoms with E-state index in [1.165, 1.54) is 6.42 Å². The van der Waals surface area contributed by atoms with Gasteiger partial charge < -0.3 is 5.32 Å². The van der Waals surface area contributed by atoms with E-state index in [0.29, 0.717) is 17.4 Å². The quantitative estimate of drug-likeness (QED) is 0.855. The molecule has 2 unspecified atom stereocenters. The highest BCUT2D eigenvalue weighted by atomic mass is 35.5. The molecule has 1 heterocycles. The van der Waals surface area contributed by atoms with Gasteiger partial charge in [-0.2, -0.15) is 0 Å². The Balaban J connectivity index is 2.08. The number of aromatic nitrogens is 1. The van der Waals surface area contributed by atoms with Crippen LogP contribution in [0.3, 0.4) is 0 Å². The minimum Gasteiger partial charge on any atom is -0.345 e. The fourth-order valence-electron chi connectivity index (χ4n) is 2.74. The first-order valence-corrected chi connectivity index (χ1v) is 6.97. The second kappa shape index (κ2) is 5.70. The van der Waals surface area contributed by atoms with Crippen molar-refractivity contribution >= 4 is 17.5 Å². The zero-order valence-corrected chi connectivity index (χ0v) is 11.4. The van der Waals surface area contributed by atoms with Crippen LogP contribution in [0.4, 0.5) is 0 Å². The summed E-state index contributed by atoms with van der Waals surface area (Å²) in [5.74, 6) is 1.02. The van der Waals surface area contributed by atoms with Crippen molar-refractivity contribution in [1.82, 2.24) is 10.3 Å². The molecule has 0 spiro atoms. The lowest BCUT2D eigenvalue weighted by Crippen LogP contribution is -2.52. The van der Waals surface area contributed by atoms with Crippen LogP contribution in [-0.4, -0.2) is 22.3 Å². The van der Waals surface area contributed by atoms with Crippen LogP contribution in [0.25, 0.3) is 0 Å². The zero-order valence-electron chi connectivity index (χ0n) is 10.7. The molecule has 0 saturated heterocycles. The molecule has 2 rings (SSSR count). The molecular weight excluding hydrogens is 248 g/mol. The Morgan fingerprint density at radius 2 is 2.50 bits per heavy atom. The average molecular weight is 267 g/mol. The molecular formula is C14H19ClN2O. The van der Waals surface area contributed by atoms with E-state index >= 15 is 0 Å². The summed E-state index contributed by atoms with van der Waals surface area (Å²) in [5.41, 5.74) is 0.354. The van der Waals surface area contributed by atoms with Gasteiger partial charge in [0.25, 0.3) is 5.91 Å². The molecule has 3 nitrogen and oxygen atoms in total. The summed E-state index contributed by atoms with van der Waals surface area (Å²) in [6, 6.07) is 3.54. The molecule has 0 radical (unpaired) electrons. The Hall–Kier alpha value is -1.09. The SMILES string of the molecule is CC1CCCC(CCl)(NC(=O)c2cccnc2)C1. The van der Waals surface area contributed by atoms with Gasteiger partial charge in [-0.25, -0.2) is 0 Å². The molecule has 0 aliphatic heterocycles. The second-order valence-electron chi connectivity index (χ2n) is 5.31. The summed E-state index contributed by atoms with van der Waals surface area (Å²) >= 11 is 6.10. The van der Waals surface area contributed by atoms with Gasteiger partial charge in [-0.05, 0) is 30.9 Å². The molecule has 1 aliphatic rings. The number of nitrogens with zero attached hydrogens (tertiary/aromatic N) is 1. The minimum atomic E-state index is -0.244. The van der Waals surface area contributed by atoms with Gasteiger partial charge in [0.1, 0.15) is 0 Å². The van der Waals surface area contributed by atoms with E-state index in [9.17, 15) is 4.79 Å². The van der Waals surface area contributed by atoms with E-state index in [4.69, 9.17) is 11.6 Å². The van der Waals surface area contributed by atoms with Crippen LogP contribution in [0.5, 0.6) is 0 Å². The molecule has 18 heavy (non-hydrogen) atoms. The first kappa shape index (κ1) is 13.3. The summed E-state index contributed by atoms with van der Waals surface area (Å²) in [5, 5.41) is 3.12. The van der Waals surface area contributed by atoms with Gasteiger partial charge in [-0.1, -0.05) is 19.8 Å². The number of rotatable bonds is 3. The first-order chi connectivity index (χ1) is 8.65. The maximum Gasteiger partial charge on any atom is 0.253 e. The summed E-state index contributed by atoms with van der Waals surface area (Å²) < 4.78 is 0. The lowest BCUT2D eigenvalue weighted by Gasteiger charge is -2.39. The Kier molecular flexibility index (Phi) is 4.23. The van der Waals surface area contributed by atoms with Gasteiger partial charge in [0, 0.05) is 18.3 Å². The van der Waals surface area contributed by atoms with Crippen molar-refractivity contribution < 1.29 is 4.79 Å². The van der Waals surface area contributed by atoms with Crippen molar-refractivity contribution in [1.29, 1.82) is 0 Å². The third-order valence-corrected chi connectivity index (χ3v) is 4.16. The molecule has 2 atom stereocenters. The molecule has 4 heteroatoms. The van der Waals surface area contributed by atoms with Crippen LogP contribution in [0, 0.1) is 5.92 Å². The van der Waals surface area contributed by atoms with Crippen molar-refractivity contribution in [2.24, 2.45) is 5.92 Å². The van der Waals surface area contributed by atoms with E-state index in [2.05, 4.69) is 17.2 Å². The number of hydrogen-bond donors (Lipinski definition) is 1. The number of nitrogens with one attached hydrogen (secondary N) is 1. The van der Waals surface area contributed by atoms with Crippen LogP contribution in [0.2, 0.25) is 0 Å². The molecule has 1 aromatic rings. The highest BCUT2D eigenvalue weighted by Crippen LogP contribution is 2.33.